The van der Waals surface area contributed by atoms with Gasteiger partial charge in [0, 0.05) is 47.1 Å². The number of hydrogen-bond donors (Lipinski definition) is 0. The monoisotopic (exact) mass is 422 g/mol. The minimum Gasteiger partial charge on any atom is -0.325 e. The molecule has 2 aromatic heterocycles. The molecule has 4 rings (SSSR count). The Kier molecular flexibility index (Phi) is 5.41. The zero-order chi connectivity index (χ0) is 21.3. The first-order chi connectivity index (χ1) is 14.4. The number of halogens is 1. The first-order valence-corrected chi connectivity index (χ1v) is 9.79. The van der Waals surface area contributed by atoms with Crippen molar-refractivity contribution in [1.29, 1.82) is 0 Å². The van der Waals surface area contributed by atoms with Crippen LogP contribution in [0.15, 0.2) is 42.9 Å². The van der Waals surface area contributed by atoms with Crippen LogP contribution in [0.2, 0.25) is 5.02 Å². The molecule has 1 aliphatic heterocycles. The average Bonchev–Trinajstić information content (AvgIpc) is 3.25. The number of rotatable bonds is 4. The summed E-state index contributed by atoms with van der Waals surface area (Å²) in [6.45, 7) is 3.84. The Bertz CT molecular complexity index is 1140. The second-order valence-electron chi connectivity index (χ2n) is 7.13. The highest BCUT2D eigenvalue weighted by Crippen LogP contribution is 2.30. The molecule has 1 unspecified atom stereocenters. The maximum Gasteiger partial charge on any atom is 0.247 e. The molecule has 1 amide bonds. The fraction of sp³-hybridized carbons (Fsp3) is 0.238. The fourth-order valence-electron chi connectivity index (χ4n) is 3.66. The van der Waals surface area contributed by atoms with E-state index in [9.17, 15) is 9.59 Å². The van der Waals surface area contributed by atoms with Crippen molar-refractivity contribution < 1.29 is 9.59 Å². The van der Waals surface area contributed by atoms with Crippen LogP contribution < -0.4 is 0 Å². The van der Waals surface area contributed by atoms with Crippen LogP contribution in [0, 0.1) is 6.92 Å². The van der Waals surface area contributed by atoms with Gasteiger partial charge in [0.15, 0.2) is 5.78 Å². The molecular weight excluding hydrogens is 404 g/mol. The molecule has 3 heterocycles. The largest absolute Gasteiger partial charge is 0.325 e. The first-order valence-electron chi connectivity index (χ1n) is 9.41. The summed E-state index contributed by atoms with van der Waals surface area (Å²) < 4.78 is 1.49. The van der Waals surface area contributed by atoms with Gasteiger partial charge in [-0.3, -0.25) is 14.6 Å². The van der Waals surface area contributed by atoms with Crippen LogP contribution in [0.3, 0.4) is 0 Å². The van der Waals surface area contributed by atoms with Crippen molar-refractivity contribution >= 4 is 29.4 Å². The van der Waals surface area contributed by atoms with Gasteiger partial charge in [-0.05, 0) is 54.1 Å². The summed E-state index contributed by atoms with van der Waals surface area (Å²) in [5, 5.41) is 11.7. The quantitative estimate of drug-likeness (QED) is 0.600. The lowest BCUT2D eigenvalue weighted by Crippen LogP contribution is -2.42. The number of carbonyl (C=O) groups excluding carboxylic acids is 2. The van der Waals surface area contributed by atoms with E-state index in [4.69, 9.17) is 11.6 Å². The maximum atomic E-state index is 13.1. The standard InChI is InChI=1S/C21H19ClN6O2/c1-13-9-17-18(23-11-13)7-8-27(21(17)14(2)29)20(30)6-3-15-10-16(22)4-5-19(15)28-12-24-25-26-28/h3-6,9-12,21H,7-8H2,1-2H3/b6-3+. The minimum atomic E-state index is -0.642. The second kappa shape index (κ2) is 8.16. The summed E-state index contributed by atoms with van der Waals surface area (Å²) in [5.74, 6) is -0.354. The molecule has 1 aliphatic rings. The molecule has 1 atom stereocenters. The van der Waals surface area contributed by atoms with Gasteiger partial charge in [-0.25, -0.2) is 0 Å². The molecule has 152 valence electrons. The topological polar surface area (TPSA) is 93.9 Å². The summed E-state index contributed by atoms with van der Waals surface area (Å²) in [6.07, 6.45) is 6.96. The summed E-state index contributed by atoms with van der Waals surface area (Å²) >= 11 is 6.14. The normalized spacial score (nSPS) is 16.0. The second-order valence-corrected chi connectivity index (χ2v) is 7.57. The Morgan fingerprint density at radius 3 is 2.83 bits per heavy atom. The molecule has 0 saturated heterocycles. The maximum absolute atomic E-state index is 13.1. The molecule has 0 aliphatic carbocycles. The Hall–Kier alpha value is -3.39. The van der Waals surface area contributed by atoms with Crippen molar-refractivity contribution in [2.75, 3.05) is 6.54 Å². The number of amides is 1. The Balaban J connectivity index is 1.65. The third kappa shape index (κ3) is 3.86. The van der Waals surface area contributed by atoms with Crippen molar-refractivity contribution in [3.63, 3.8) is 0 Å². The fourth-order valence-corrected chi connectivity index (χ4v) is 3.84. The van der Waals surface area contributed by atoms with Gasteiger partial charge in [-0.2, -0.15) is 4.68 Å². The number of carbonyl (C=O) groups is 2. The molecular formula is C21H19ClN6O2. The van der Waals surface area contributed by atoms with Crippen molar-refractivity contribution in [1.82, 2.24) is 30.1 Å². The molecule has 0 bridgehead atoms. The van der Waals surface area contributed by atoms with Crippen LogP contribution in [-0.4, -0.2) is 48.3 Å². The lowest BCUT2D eigenvalue weighted by molar-refractivity contribution is -0.136. The minimum absolute atomic E-state index is 0.0952. The summed E-state index contributed by atoms with van der Waals surface area (Å²) in [4.78, 5) is 31.5. The molecule has 8 nitrogen and oxygen atoms in total. The Morgan fingerprint density at radius 1 is 1.27 bits per heavy atom. The van der Waals surface area contributed by atoms with E-state index in [0.717, 1.165) is 16.8 Å². The predicted octanol–water partition coefficient (Wildman–Crippen LogP) is 2.75. The van der Waals surface area contributed by atoms with Crippen molar-refractivity contribution in [3.8, 4) is 5.69 Å². The number of Topliss-reactive ketones (excluding diaryl/α,β-unsaturated/α-hetero) is 1. The highest BCUT2D eigenvalue weighted by Gasteiger charge is 2.33. The van der Waals surface area contributed by atoms with Gasteiger partial charge in [0.25, 0.3) is 0 Å². The number of ketones is 1. The van der Waals surface area contributed by atoms with Crippen LogP contribution in [-0.2, 0) is 16.0 Å². The molecule has 0 radical (unpaired) electrons. The van der Waals surface area contributed by atoms with Gasteiger partial charge < -0.3 is 4.90 Å². The molecule has 30 heavy (non-hydrogen) atoms. The smallest absolute Gasteiger partial charge is 0.247 e. The van der Waals surface area contributed by atoms with Crippen LogP contribution in [0.5, 0.6) is 0 Å². The van der Waals surface area contributed by atoms with E-state index in [1.807, 2.05) is 13.0 Å². The third-order valence-corrected chi connectivity index (χ3v) is 5.23. The van der Waals surface area contributed by atoms with E-state index in [0.29, 0.717) is 29.2 Å². The number of aromatic nitrogens is 5. The van der Waals surface area contributed by atoms with Crippen molar-refractivity contribution in [2.45, 2.75) is 26.3 Å². The highest BCUT2D eigenvalue weighted by molar-refractivity contribution is 6.30. The lowest BCUT2D eigenvalue weighted by Gasteiger charge is -2.34. The van der Waals surface area contributed by atoms with Gasteiger partial charge in [0.1, 0.15) is 12.4 Å². The molecule has 9 heteroatoms. The zero-order valence-corrected chi connectivity index (χ0v) is 17.2. The molecule has 0 spiro atoms. The SMILES string of the molecule is CC(=O)C1c2cc(C)cnc2CCN1C(=O)/C=C/c1cc(Cl)ccc1-n1cnnn1. The van der Waals surface area contributed by atoms with Gasteiger partial charge in [-0.15, -0.1) is 5.10 Å². The average molecular weight is 423 g/mol. The van der Waals surface area contributed by atoms with E-state index in [-0.39, 0.29) is 11.7 Å². The number of nitrogens with zero attached hydrogens (tertiary/aromatic N) is 6. The van der Waals surface area contributed by atoms with Gasteiger partial charge in [-0.1, -0.05) is 17.7 Å². The van der Waals surface area contributed by atoms with Gasteiger partial charge in [0.05, 0.1) is 5.69 Å². The van der Waals surface area contributed by atoms with Crippen LogP contribution in [0.25, 0.3) is 11.8 Å². The number of fused-ring (bicyclic) bond motifs is 1. The van der Waals surface area contributed by atoms with Crippen molar-refractivity contribution in [3.05, 3.63) is 70.3 Å². The number of hydrogen-bond acceptors (Lipinski definition) is 6. The number of aryl methyl sites for hydroxylation is 1. The first kappa shape index (κ1) is 19.9. The van der Waals surface area contributed by atoms with Crippen LogP contribution in [0.4, 0.5) is 0 Å². The number of tetrazole rings is 1. The molecule has 1 aromatic carbocycles. The Labute approximate surface area is 178 Å². The third-order valence-electron chi connectivity index (χ3n) is 5.00. The lowest BCUT2D eigenvalue weighted by atomic mass is 9.93. The van der Waals surface area contributed by atoms with E-state index >= 15 is 0 Å². The Morgan fingerprint density at radius 2 is 2.10 bits per heavy atom. The molecule has 0 N–H and O–H groups in total. The molecule has 3 aromatic rings. The van der Waals surface area contributed by atoms with Gasteiger partial charge in [0.2, 0.25) is 5.91 Å². The predicted molar refractivity (Wildman–Crippen MR) is 111 cm³/mol. The van der Waals surface area contributed by atoms with E-state index in [2.05, 4.69) is 20.5 Å². The van der Waals surface area contributed by atoms with E-state index in [1.165, 1.54) is 24.0 Å². The summed E-state index contributed by atoms with van der Waals surface area (Å²) in [6, 6.07) is 6.51. The number of pyridine rings is 1. The molecule has 0 saturated carbocycles. The van der Waals surface area contributed by atoms with Crippen LogP contribution in [0.1, 0.15) is 35.3 Å². The van der Waals surface area contributed by atoms with Crippen LogP contribution >= 0.6 is 11.6 Å². The summed E-state index contributed by atoms with van der Waals surface area (Å²) in [5.41, 5.74) is 3.98. The van der Waals surface area contributed by atoms with Crippen molar-refractivity contribution in [2.24, 2.45) is 0 Å². The molecule has 0 fully saturated rings. The van der Waals surface area contributed by atoms with E-state index < -0.39 is 6.04 Å². The summed E-state index contributed by atoms with van der Waals surface area (Å²) in [7, 11) is 0. The zero-order valence-electron chi connectivity index (χ0n) is 16.5. The highest BCUT2D eigenvalue weighted by atomic mass is 35.5. The van der Waals surface area contributed by atoms with Gasteiger partial charge >= 0.3 is 0 Å². The van der Waals surface area contributed by atoms with E-state index in [1.54, 1.807) is 35.4 Å². The number of benzene rings is 1.